The molecule has 1 atom stereocenters. The second-order valence-electron chi connectivity index (χ2n) is 4.75. The number of para-hydroxylation sites is 1. The van der Waals surface area contributed by atoms with Gasteiger partial charge in [0, 0.05) is 31.7 Å². The smallest absolute Gasteiger partial charge is 0.231 e. The first-order valence-electron chi connectivity index (χ1n) is 6.60. The predicted molar refractivity (Wildman–Crippen MR) is 84.5 cm³/mol. The lowest BCUT2D eigenvalue weighted by atomic mass is 10.00. The summed E-state index contributed by atoms with van der Waals surface area (Å²) >= 11 is 0. The SMILES string of the molecule is Cl.Cl.N#CC[C@@H](c1cccc2c1OCO2)N1CCNCC1. The zero-order valence-electron chi connectivity index (χ0n) is 11.6. The number of nitrogens with one attached hydrogen (secondary N) is 1. The summed E-state index contributed by atoms with van der Waals surface area (Å²) in [5, 5.41) is 12.4. The van der Waals surface area contributed by atoms with Gasteiger partial charge >= 0.3 is 0 Å². The molecule has 5 nitrogen and oxygen atoms in total. The van der Waals surface area contributed by atoms with E-state index < -0.39 is 0 Å². The zero-order valence-corrected chi connectivity index (χ0v) is 13.2. The maximum atomic E-state index is 9.11. The van der Waals surface area contributed by atoms with Crippen LogP contribution in [0, 0.1) is 11.3 Å². The van der Waals surface area contributed by atoms with E-state index in [-0.39, 0.29) is 37.6 Å². The molecule has 0 aromatic heterocycles. The highest BCUT2D eigenvalue weighted by Crippen LogP contribution is 2.41. The Morgan fingerprint density at radius 3 is 2.71 bits per heavy atom. The molecule has 1 aromatic rings. The van der Waals surface area contributed by atoms with Gasteiger partial charge in [0.1, 0.15) is 0 Å². The van der Waals surface area contributed by atoms with Crippen LogP contribution < -0.4 is 14.8 Å². The number of ether oxygens (including phenoxy) is 2. The summed E-state index contributed by atoms with van der Waals surface area (Å²) in [4.78, 5) is 2.34. The molecular weight excluding hydrogens is 313 g/mol. The maximum Gasteiger partial charge on any atom is 0.231 e. The van der Waals surface area contributed by atoms with Gasteiger partial charge in [-0.25, -0.2) is 0 Å². The predicted octanol–water partition coefficient (Wildman–Crippen LogP) is 2.12. The lowest BCUT2D eigenvalue weighted by Gasteiger charge is -2.34. The van der Waals surface area contributed by atoms with Crippen molar-refractivity contribution in [3.05, 3.63) is 23.8 Å². The van der Waals surface area contributed by atoms with E-state index in [1.54, 1.807) is 0 Å². The first kappa shape index (κ1) is 17.9. The molecule has 116 valence electrons. The van der Waals surface area contributed by atoms with Crippen LogP contribution in [-0.2, 0) is 0 Å². The summed E-state index contributed by atoms with van der Waals surface area (Å²) in [5.74, 6) is 1.59. The first-order chi connectivity index (χ1) is 9.40. The first-order valence-corrected chi connectivity index (χ1v) is 6.60. The van der Waals surface area contributed by atoms with Crippen molar-refractivity contribution in [2.24, 2.45) is 0 Å². The largest absolute Gasteiger partial charge is 0.454 e. The molecule has 2 heterocycles. The molecule has 0 radical (unpaired) electrons. The molecule has 0 spiro atoms. The Balaban J connectivity index is 0.00000110. The standard InChI is InChI=1S/C14H17N3O2.2ClH/c15-5-4-12(17-8-6-16-7-9-17)11-2-1-3-13-14(11)19-10-18-13;;/h1-3,12,16H,4,6-10H2;2*1H/t12-;;/m0../s1. The van der Waals surface area contributed by atoms with E-state index in [0.717, 1.165) is 43.2 Å². The molecule has 0 bridgehead atoms. The third-order valence-electron chi connectivity index (χ3n) is 3.66. The van der Waals surface area contributed by atoms with Crippen LogP contribution in [0.4, 0.5) is 0 Å². The van der Waals surface area contributed by atoms with E-state index in [1.807, 2.05) is 18.2 Å². The minimum atomic E-state index is 0. The molecule has 0 aliphatic carbocycles. The molecule has 7 heteroatoms. The van der Waals surface area contributed by atoms with Gasteiger partial charge in [-0.2, -0.15) is 5.26 Å². The summed E-state index contributed by atoms with van der Waals surface area (Å²) in [5.41, 5.74) is 1.07. The van der Waals surface area contributed by atoms with Crippen molar-refractivity contribution in [3.8, 4) is 17.6 Å². The Hall–Kier alpha value is -1.19. The highest BCUT2D eigenvalue weighted by atomic mass is 35.5. The summed E-state index contributed by atoms with van der Waals surface area (Å²) in [6, 6.07) is 8.30. The lowest BCUT2D eigenvalue weighted by Crippen LogP contribution is -2.45. The molecule has 1 fully saturated rings. The number of hydrogen-bond donors (Lipinski definition) is 1. The topological polar surface area (TPSA) is 57.5 Å². The minimum Gasteiger partial charge on any atom is -0.454 e. The third-order valence-corrected chi connectivity index (χ3v) is 3.66. The molecule has 1 aromatic carbocycles. The molecule has 0 unspecified atom stereocenters. The fourth-order valence-electron chi connectivity index (χ4n) is 2.73. The van der Waals surface area contributed by atoms with Crippen LogP contribution in [0.15, 0.2) is 18.2 Å². The second-order valence-corrected chi connectivity index (χ2v) is 4.75. The minimum absolute atomic E-state index is 0. The Labute approximate surface area is 137 Å². The van der Waals surface area contributed by atoms with E-state index in [9.17, 15) is 0 Å². The number of piperazine rings is 1. The van der Waals surface area contributed by atoms with Crippen LogP contribution in [0.1, 0.15) is 18.0 Å². The number of hydrogen-bond acceptors (Lipinski definition) is 5. The molecule has 0 saturated carbocycles. The number of halogens is 2. The average molecular weight is 332 g/mol. The molecular formula is C14H19Cl2N3O2. The Bertz CT molecular complexity index is 501. The van der Waals surface area contributed by atoms with Crippen LogP contribution in [0.3, 0.4) is 0 Å². The van der Waals surface area contributed by atoms with E-state index in [1.165, 1.54) is 0 Å². The summed E-state index contributed by atoms with van der Waals surface area (Å²) in [6.07, 6.45) is 0.472. The Kier molecular flexibility index (Phi) is 7.06. The van der Waals surface area contributed by atoms with Crippen molar-refractivity contribution in [3.63, 3.8) is 0 Å². The Morgan fingerprint density at radius 1 is 1.24 bits per heavy atom. The van der Waals surface area contributed by atoms with Crippen molar-refractivity contribution in [2.75, 3.05) is 33.0 Å². The molecule has 2 aliphatic rings. The van der Waals surface area contributed by atoms with Crippen molar-refractivity contribution in [1.29, 1.82) is 5.26 Å². The summed E-state index contributed by atoms with van der Waals surface area (Å²) < 4.78 is 11.0. The quantitative estimate of drug-likeness (QED) is 0.919. The van der Waals surface area contributed by atoms with Gasteiger partial charge in [0.25, 0.3) is 0 Å². The molecule has 1 N–H and O–H groups in total. The fourth-order valence-corrected chi connectivity index (χ4v) is 2.73. The van der Waals surface area contributed by atoms with Gasteiger partial charge in [-0.1, -0.05) is 12.1 Å². The van der Waals surface area contributed by atoms with Crippen LogP contribution >= 0.6 is 24.8 Å². The van der Waals surface area contributed by atoms with Gasteiger partial charge < -0.3 is 14.8 Å². The third kappa shape index (κ3) is 3.72. The van der Waals surface area contributed by atoms with Crippen molar-refractivity contribution in [1.82, 2.24) is 10.2 Å². The van der Waals surface area contributed by atoms with Crippen LogP contribution in [-0.4, -0.2) is 37.9 Å². The molecule has 1 saturated heterocycles. The van der Waals surface area contributed by atoms with E-state index in [2.05, 4.69) is 16.3 Å². The van der Waals surface area contributed by atoms with Crippen molar-refractivity contribution >= 4 is 24.8 Å². The lowest BCUT2D eigenvalue weighted by molar-refractivity contribution is 0.159. The van der Waals surface area contributed by atoms with Crippen molar-refractivity contribution in [2.45, 2.75) is 12.5 Å². The normalized spacial score (nSPS) is 18.0. The molecule has 3 rings (SSSR count). The van der Waals surface area contributed by atoms with Crippen LogP contribution in [0.25, 0.3) is 0 Å². The zero-order chi connectivity index (χ0) is 13.1. The molecule has 2 aliphatic heterocycles. The van der Waals surface area contributed by atoms with E-state index >= 15 is 0 Å². The van der Waals surface area contributed by atoms with E-state index in [4.69, 9.17) is 14.7 Å². The molecule has 0 amide bonds. The number of benzene rings is 1. The monoisotopic (exact) mass is 331 g/mol. The maximum absolute atomic E-state index is 9.11. The highest BCUT2D eigenvalue weighted by Gasteiger charge is 2.28. The Morgan fingerprint density at radius 2 is 2.00 bits per heavy atom. The summed E-state index contributed by atoms with van der Waals surface area (Å²) in [6.45, 7) is 4.11. The van der Waals surface area contributed by atoms with E-state index in [0.29, 0.717) is 6.42 Å². The van der Waals surface area contributed by atoms with Gasteiger partial charge in [0.05, 0.1) is 18.5 Å². The van der Waals surface area contributed by atoms with Gasteiger partial charge in [-0.05, 0) is 6.07 Å². The van der Waals surface area contributed by atoms with Gasteiger partial charge in [0.15, 0.2) is 11.5 Å². The van der Waals surface area contributed by atoms with Gasteiger partial charge in [0.2, 0.25) is 6.79 Å². The number of rotatable bonds is 3. The van der Waals surface area contributed by atoms with Gasteiger partial charge in [-0.15, -0.1) is 24.8 Å². The molecule has 21 heavy (non-hydrogen) atoms. The van der Waals surface area contributed by atoms with Crippen molar-refractivity contribution < 1.29 is 9.47 Å². The van der Waals surface area contributed by atoms with Gasteiger partial charge in [-0.3, -0.25) is 4.90 Å². The number of fused-ring (bicyclic) bond motifs is 1. The number of nitriles is 1. The summed E-state index contributed by atoms with van der Waals surface area (Å²) in [7, 11) is 0. The second kappa shape index (κ2) is 8.30. The highest BCUT2D eigenvalue weighted by molar-refractivity contribution is 5.85. The van der Waals surface area contributed by atoms with Crippen LogP contribution in [0.2, 0.25) is 0 Å². The average Bonchev–Trinajstić information content (AvgIpc) is 2.94. The number of nitrogens with zero attached hydrogens (tertiary/aromatic N) is 2. The fraction of sp³-hybridized carbons (Fsp3) is 0.500. The van der Waals surface area contributed by atoms with Crippen LogP contribution in [0.5, 0.6) is 11.5 Å².